The molecule has 9 heteroatoms. The fourth-order valence-electron chi connectivity index (χ4n) is 2.01. The van der Waals surface area contributed by atoms with Gasteiger partial charge in [-0.25, -0.2) is 4.39 Å². The molecule has 0 aliphatic heterocycles. The minimum absolute atomic E-state index is 0.151. The molecule has 0 saturated heterocycles. The summed E-state index contributed by atoms with van der Waals surface area (Å²) in [6.07, 6.45) is -3.16. The molecule has 1 aliphatic carbocycles. The number of halogens is 8. The molecule has 0 saturated carbocycles. The standard InChI is InChI=1S/C14H8Br2F6S/c15-8-5-9(23-14(21,22)13(18,19)20)7-12(16,6-8)10-3-1-2-4-11(10)17/h1-5,7H,6H2. The molecule has 0 amide bonds. The lowest BCUT2D eigenvalue weighted by Gasteiger charge is -2.30. The van der Waals surface area contributed by atoms with Crippen LogP contribution in [0.5, 0.6) is 0 Å². The summed E-state index contributed by atoms with van der Waals surface area (Å²) < 4.78 is 76.7. The molecule has 1 aromatic rings. The van der Waals surface area contributed by atoms with E-state index >= 15 is 0 Å². The summed E-state index contributed by atoms with van der Waals surface area (Å²) in [7, 11) is 0. The van der Waals surface area contributed by atoms with Crippen LogP contribution in [0.4, 0.5) is 26.3 Å². The van der Waals surface area contributed by atoms with Crippen molar-refractivity contribution in [2.45, 2.75) is 22.2 Å². The zero-order valence-corrected chi connectivity index (χ0v) is 15.1. The molecular formula is C14H8Br2F6S. The van der Waals surface area contributed by atoms with Crippen LogP contribution in [0, 0.1) is 5.82 Å². The van der Waals surface area contributed by atoms with Crippen molar-refractivity contribution in [3.8, 4) is 0 Å². The second-order valence-electron chi connectivity index (χ2n) is 4.77. The Kier molecular flexibility index (Phi) is 5.33. The van der Waals surface area contributed by atoms with Crippen molar-refractivity contribution >= 4 is 43.6 Å². The highest BCUT2D eigenvalue weighted by Gasteiger charge is 2.59. The molecule has 0 spiro atoms. The second kappa shape index (κ2) is 6.48. The highest BCUT2D eigenvalue weighted by atomic mass is 79.9. The number of hydrogen-bond acceptors (Lipinski definition) is 1. The number of benzene rings is 1. The average molecular weight is 482 g/mol. The van der Waals surface area contributed by atoms with E-state index in [0.717, 1.165) is 0 Å². The van der Waals surface area contributed by atoms with Crippen molar-refractivity contribution in [3.05, 3.63) is 57.2 Å². The summed E-state index contributed by atoms with van der Waals surface area (Å²) in [6, 6.07) is 5.64. The van der Waals surface area contributed by atoms with Gasteiger partial charge in [-0.3, -0.25) is 0 Å². The molecule has 1 aromatic carbocycles. The van der Waals surface area contributed by atoms with E-state index in [0.29, 0.717) is 4.48 Å². The van der Waals surface area contributed by atoms with Gasteiger partial charge in [-0.2, -0.15) is 22.0 Å². The smallest absolute Gasteiger partial charge is 0.207 e. The van der Waals surface area contributed by atoms with E-state index in [1.54, 1.807) is 6.07 Å². The van der Waals surface area contributed by atoms with E-state index in [-0.39, 0.29) is 16.9 Å². The number of hydrogen-bond donors (Lipinski definition) is 0. The van der Waals surface area contributed by atoms with Gasteiger partial charge in [0.2, 0.25) is 0 Å². The van der Waals surface area contributed by atoms with Gasteiger partial charge in [0.15, 0.2) is 0 Å². The predicted octanol–water partition coefficient (Wildman–Crippen LogP) is 6.87. The highest BCUT2D eigenvalue weighted by molar-refractivity contribution is 9.12. The van der Waals surface area contributed by atoms with Crippen LogP contribution >= 0.6 is 43.6 Å². The number of rotatable bonds is 3. The minimum Gasteiger partial charge on any atom is -0.207 e. The van der Waals surface area contributed by atoms with Crippen LogP contribution in [-0.4, -0.2) is 11.4 Å². The molecule has 0 bridgehead atoms. The number of alkyl halides is 6. The summed E-state index contributed by atoms with van der Waals surface area (Å²) in [5.74, 6) is -0.588. The third-order valence-corrected chi connectivity index (χ3v) is 5.40. The topological polar surface area (TPSA) is 0 Å². The Balaban J connectivity index is 2.41. The Hall–Kier alpha value is -0.410. The molecule has 1 atom stereocenters. The van der Waals surface area contributed by atoms with Crippen LogP contribution < -0.4 is 0 Å². The van der Waals surface area contributed by atoms with Crippen molar-refractivity contribution < 1.29 is 26.3 Å². The zero-order valence-electron chi connectivity index (χ0n) is 11.1. The lowest BCUT2D eigenvalue weighted by atomic mass is 9.92. The molecule has 0 aromatic heterocycles. The highest BCUT2D eigenvalue weighted by Crippen LogP contribution is 2.52. The molecule has 1 aliphatic rings. The minimum atomic E-state index is -5.68. The SMILES string of the molecule is Fc1ccccc1C1(Br)C=C(SC(F)(F)C(F)(F)F)C=C(Br)C1. The Morgan fingerprint density at radius 1 is 1.09 bits per heavy atom. The maximum absolute atomic E-state index is 14.0. The Morgan fingerprint density at radius 2 is 1.70 bits per heavy atom. The van der Waals surface area contributed by atoms with Gasteiger partial charge in [0.05, 0.1) is 4.32 Å². The van der Waals surface area contributed by atoms with E-state index in [1.165, 1.54) is 30.4 Å². The van der Waals surface area contributed by atoms with Crippen LogP contribution in [0.25, 0.3) is 0 Å². The molecule has 0 heterocycles. The van der Waals surface area contributed by atoms with E-state index in [2.05, 4.69) is 31.9 Å². The Labute approximate surface area is 149 Å². The fourth-order valence-corrected chi connectivity index (χ4v) is 5.12. The van der Waals surface area contributed by atoms with Gasteiger partial charge in [0, 0.05) is 16.9 Å². The van der Waals surface area contributed by atoms with Crippen LogP contribution in [-0.2, 0) is 4.32 Å². The predicted molar refractivity (Wildman–Crippen MR) is 85.3 cm³/mol. The first-order valence-electron chi connectivity index (χ1n) is 6.11. The molecule has 126 valence electrons. The maximum atomic E-state index is 14.0. The quantitative estimate of drug-likeness (QED) is 0.335. The van der Waals surface area contributed by atoms with Crippen molar-refractivity contribution in [3.63, 3.8) is 0 Å². The average Bonchev–Trinajstić information content (AvgIpc) is 2.35. The summed E-state index contributed by atoms with van der Waals surface area (Å²) in [6.45, 7) is 0. The van der Waals surface area contributed by atoms with Gasteiger partial charge >= 0.3 is 11.4 Å². The van der Waals surface area contributed by atoms with Crippen molar-refractivity contribution in [1.29, 1.82) is 0 Å². The maximum Gasteiger partial charge on any atom is 0.464 e. The van der Waals surface area contributed by atoms with E-state index in [9.17, 15) is 26.3 Å². The Bertz CT molecular complexity index is 667. The van der Waals surface area contributed by atoms with Gasteiger partial charge < -0.3 is 0 Å². The Morgan fingerprint density at radius 3 is 2.26 bits per heavy atom. The van der Waals surface area contributed by atoms with Crippen molar-refractivity contribution in [2.75, 3.05) is 0 Å². The van der Waals surface area contributed by atoms with Crippen LogP contribution in [0.15, 0.2) is 45.8 Å². The third kappa shape index (κ3) is 4.17. The van der Waals surface area contributed by atoms with Gasteiger partial charge in [0.25, 0.3) is 0 Å². The largest absolute Gasteiger partial charge is 0.464 e. The molecule has 23 heavy (non-hydrogen) atoms. The van der Waals surface area contributed by atoms with Crippen molar-refractivity contribution in [2.24, 2.45) is 0 Å². The number of allylic oxidation sites excluding steroid dienone is 3. The van der Waals surface area contributed by atoms with Gasteiger partial charge in [-0.05, 0) is 34.5 Å². The van der Waals surface area contributed by atoms with Gasteiger partial charge in [-0.15, -0.1) is 0 Å². The number of thioether (sulfide) groups is 1. The lowest BCUT2D eigenvalue weighted by Crippen LogP contribution is -2.33. The summed E-state index contributed by atoms with van der Waals surface area (Å²) >= 11 is 5.76. The first-order chi connectivity index (χ1) is 10.4. The second-order valence-corrected chi connectivity index (χ2v) is 8.40. The molecular weight excluding hydrogens is 474 g/mol. The van der Waals surface area contributed by atoms with Crippen LogP contribution in [0.3, 0.4) is 0 Å². The molecule has 1 unspecified atom stereocenters. The van der Waals surface area contributed by atoms with Gasteiger partial charge in [0.1, 0.15) is 5.82 Å². The van der Waals surface area contributed by atoms with Gasteiger partial charge in [-0.1, -0.05) is 50.1 Å². The first-order valence-corrected chi connectivity index (χ1v) is 8.51. The molecule has 0 N–H and O–H groups in total. The lowest BCUT2D eigenvalue weighted by molar-refractivity contribution is -0.237. The van der Waals surface area contributed by atoms with Crippen molar-refractivity contribution in [1.82, 2.24) is 0 Å². The molecule has 0 nitrogen and oxygen atoms in total. The normalized spacial score (nSPS) is 22.6. The zero-order chi connectivity index (χ0) is 17.5. The van der Waals surface area contributed by atoms with Crippen LogP contribution in [0.2, 0.25) is 0 Å². The van der Waals surface area contributed by atoms with Crippen LogP contribution in [0.1, 0.15) is 12.0 Å². The van der Waals surface area contributed by atoms with E-state index < -0.39 is 33.3 Å². The van der Waals surface area contributed by atoms with E-state index in [1.807, 2.05) is 0 Å². The monoisotopic (exact) mass is 480 g/mol. The molecule has 0 fully saturated rings. The summed E-state index contributed by atoms with van der Waals surface area (Å²) in [4.78, 5) is -0.314. The molecule has 0 radical (unpaired) electrons. The van der Waals surface area contributed by atoms with E-state index in [4.69, 9.17) is 0 Å². The first kappa shape index (κ1) is 18.9. The third-order valence-electron chi connectivity index (χ3n) is 2.99. The summed E-state index contributed by atoms with van der Waals surface area (Å²) in [5, 5.41) is -4.94. The fraction of sp³-hybridized carbons (Fsp3) is 0.286. The summed E-state index contributed by atoms with van der Waals surface area (Å²) in [5.41, 5.74) is 0.151. The molecule has 2 rings (SSSR count).